The van der Waals surface area contributed by atoms with Crippen molar-refractivity contribution in [1.82, 2.24) is 9.38 Å². The van der Waals surface area contributed by atoms with Gasteiger partial charge in [0.25, 0.3) is 0 Å². The van der Waals surface area contributed by atoms with E-state index in [2.05, 4.69) is 4.98 Å². The third-order valence-electron chi connectivity index (χ3n) is 2.92. The van der Waals surface area contributed by atoms with Crippen molar-refractivity contribution >= 4 is 5.65 Å². The minimum Gasteiger partial charge on any atom is -0.304 e. The molecular weight excluding hydrogens is 234 g/mol. The number of aromatic nitrogens is 2. The van der Waals surface area contributed by atoms with Gasteiger partial charge in [0.2, 0.25) is 0 Å². The SMILES string of the molecule is Cc1cccc2nc(-c3cccc(F)c3F)cn12. The van der Waals surface area contributed by atoms with Gasteiger partial charge in [-0.2, -0.15) is 0 Å². The molecule has 0 saturated heterocycles. The molecule has 0 bridgehead atoms. The molecule has 4 heteroatoms. The van der Waals surface area contributed by atoms with E-state index < -0.39 is 11.6 Å². The van der Waals surface area contributed by atoms with Crippen LogP contribution in [0.3, 0.4) is 0 Å². The van der Waals surface area contributed by atoms with Gasteiger partial charge in [0.05, 0.1) is 5.69 Å². The summed E-state index contributed by atoms with van der Waals surface area (Å²) in [7, 11) is 0. The maximum atomic E-state index is 13.7. The standard InChI is InChI=1S/C14H10F2N2/c1-9-4-2-7-13-17-12(8-18(9)13)10-5-3-6-11(15)14(10)16/h2-8H,1H3. The summed E-state index contributed by atoms with van der Waals surface area (Å²) in [6, 6.07) is 9.73. The van der Waals surface area contributed by atoms with Crippen molar-refractivity contribution in [2.75, 3.05) is 0 Å². The molecule has 0 aliphatic carbocycles. The van der Waals surface area contributed by atoms with Crippen molar-refractivity contribution in [1.29, 1.82) is 0 Å². The number of fused-ring (bicyclic) bond motifs is 1. The summed E-state index contributed by atoms with van der Waals surface area (Å²) in [6.07, 6.45) is 1.71. The van der Waals surface area contributed by atoms with Gasteiger partial charge in [-0.1, -0.05) is 12.1 Å². The van der Waals surface area contributed by atoms with E-state index in [1.165, 1.54) is 12.1 Å². The highest BCUT2D eigenvalue weighted by Gasteiger charge is 2.13. The molecule has 2 nitrogen and oxygen atoms in total. The second-order valence-corrected chi connectivity index (χ2v) is 4.12. The van der Waals surface area contributed by atoms with Gasteiger partial charge in [-0.15, -0.1) is 0 Å². The Hall–Kier alpha value is -2.23. The van der Waals surface area contributed by atoms with Crippen molar-refractivity contribution in [3.8, 4) is 11.3 Å². The average molecular weight is 244 g/mol. The van der Waals surface area contributed by atoms with Crippen molar-refractivity contribution in [3.63, 3.8) is 0 Å². The van der Waals surface area contributed by atoms with Crippen LogP contribution >= 0.6 is 0 Å². The minimum absolute atomic E-state index is 0.179. The average Bonchev–Trinajstić information content (AvgIpc) is 2.78. The van der Waals surface area contributed by atoms with Crippen LogP contribution in [0.5, 0.6) is 0 Å². The number of benzene rings is 1. The van der Waals surface area contributed by atoms with Crippen LogP contribution in [-0.4, -0.2) is 9.38 Å². The quantitative estimate of drug-likeness (QED) is 0.639. The van der Waals surface area contributed by atoms with Gasteiger partial charge in [-0.05, 0) is 31.2 Å². The summed E-state index contributed by atoms with van der Waals surface area (Å²) in [5.74, 6) is -1.72. The molecule has 0 unspecified atom stereocenters. The number of halogens is 2. The monoisotopic (exact) mass is 244 g/mol. The summed E-state index contributed by atoms with van der Waals surface area (Å²) in [6.45, 7) is 1.93. The van der Waals surface area contributed by atoms with Crippen LogP contribution in [0, 0.1) is 18.6 Å². The molecular formula is C14H10F2N2. The number of hydrogen-bond donors (Lipinski definition) is 0. The molecule has 0 saturated carbocycles. The molecule has 2 aromatic heterocycles. The zero-order valence-corrected chi connectivity index (χ0v) is 9.69. The Morgan fingerprint density at radius 2 is 1.83 bits per heavy atom. The van der Waals surface area contributed by atoms with Crippen molar-refractivity contribution in [2.45, 2.75) is 6.92 Å². The Bertz CT molecular complexity index is 732. The summed E-state index contributed by atoms with van der Waals surface area (Å²) in [4.78, 5) is 4.30. The fraction of sp³-hybridized carbons (Fsp3) is 0.0714. The Morgan fingerprint density at radius 1 is 1.06 bits per heavy atom. The van der Waals surface area contributed by atoms with E-state index in [0.717, 1.165) is 11.8 Å². The first-order chi connectivity index (χ1) is 8.66. The molecule has 0 spiro atoms. The van der Waals surface area contributed by atoms with E-state index in [1.54, 1.807) is 6.20 Å². The molecule has 18 heavy (non-hydrogen) atoms. The van der Waals surface area contributed by atoms with E-state index in [-0.39, 0.29) is 5.56 Å². The topological polar surface area (TPSA) is 17.3 Å². The predicted octanol–water partition coefficient (Wildman–Crippen LogP) is 3.59. The molecule has 90 valence electrons. The highest BCUT2D eigenvalue weighted by Crippen LogP contribution is 2.24. The number of imidazole rings is 1. The molecule has 0 atom stereocenters. The van der Waals surface area contributed by atoms with Crippen LogP contribution in [0.2, 0.25) is 0 Å². The number of hydrogen-bond acceptors (Lipinski definition) is 1. The summed E-state index contributed by atoms with van der Waals surface area (Å²) >= 11 is 0. The highest BCUT2D eigenvalue weighted by atomic mass is 19.2. The van der Waals surface area contributed by atoms with Crippen LogP contribution < -0.4 is 0 Å². The highest BCUT2D eigenvalue weighted by molar-refractivity contribution is 5.63. The lowest BCUT2D eigenvalue weighted by atomic mass is 10.1. The van der Waals surface area contributed by atoms with Crippen molar-refractivity contribution < 1.29 is 8.78 Å². The van der Waals surface area contributed by atoms with E-state index in [4.69, 9.17) is 0 Å². The Morgan fingerprint density at radius 3 is 2.61 bits per heavy atom. The van der Waals surface area contributed by atoms with Crippen molar-refractivity contribution in [3.05, 3.63) is 59.9 Å². The molecule has 3 rings (SSSR count). The lowest BCUT2D eigenvalue weighted by molar-refractivity contribution is 0.511. The zero-order valence-electron chi connectivity index (χ0n) is 9.69. The first kappa shape index (κ1) is 10.9. The fourth-order valence-electron chi connectivity index (χ4n) is 1.98. The van der Waals surface area contributed by atoms with Gasteiger partial charge in [-0.3, -0.25) is 0 Å². The van der Waals surface area contributed by atoms with Crippen LogP contribution in [-0.2, 0) is 0 Å². The molecule has 1 aromatic carbocycles. The summed E-state index contributed by atoms with van der Waals surface area (Å²) in [5, 5.41) is 0. The molecule has 0 aliphatic rings. The minimum atomic E-state index is -0.862. The maximum Gasteiger partial charge on any atom is 0.168 e. The lowest BCUT2D eigenvalue weighted by Crippen LogP contribution is -1.88. The van der Waals surface area contributed by atoms with Crippen LogP contribution in [0.25, 0.3) is 16.9 Å². The third kappa shape index (κ3) is 1.57. The van der Waals surface area contributed by atoms with Gasteiger partial charge < -0.3 is 4.40 Å². The van der Waals surface area contributed by atoms with Gasteiger partial charge >= 0.3 is 0 Å². The maximum absolute atomic E-state index is 13.7. The summed E-state index contributed by atoms with van der Waals surface area (Å²) in [5.41, 5.74) is 2.32. The first-order valence-corrected chi connectivity index (χ1v) is 5.56. The number of nitrogens with zero attached hydrogens (tertiary/aromatic N) is 2. The lowest BCUT2D eigenvalue weighted by Gasteiger charge is -1.99. The van der Waals surface area contributed by atoms with Gasteiger partial charge in [-0.25, -0.2) is 13.8 Å². The molecule has 2 heterocycles. The van der Waals surface area contributed by atoms with Crippen LogP contribution in [0.4, 0.5) is 8.78 Å². The van der Waals surface area contributed by atoms with Gasteiger partial charge in [0.15, 0.2) is 11.6 Å². The van der Waals surface area contributed by atoms with Gasteiger partial charge in [0, 0.05) is 17.5 Å². The normalized spacial score (nSPS) is 11.1. The number of pyridine rings is 1. The van der Waals surface area contributed by atoms with Crippen LogP contribution in [0.1, 0.15) is 5.69 Å². The first-order valence-electron chi connectivity index (χ1n) is 5.56. The number of rotatable bonds is 1. The largest absolute Gasteiger partial charge is 0.304 e. The van der Waals surface area contributed by atoms with E-state index in [1.807, 2.05) is 29.5 Å². The second-order valence-electron chi connectivity index (χ2n) is 4.12. The van der Waals surface area contributed by atoms with E-state index in [9.17, 15) is 8.78 Å². The van der Waals surface area contributed by atoms with Gasteiger partial charge in [0.1, 0.15) is 5.65 Å². The second kappa shape index (κ2) is 3.91. The molecule has 0 amide bonds. The molecule has 3 aromatic rings. The smallest absolute Gasteiger partial charge is 0.168 e. The molecule has 0 N–H and O–H groups in total. The Kier molecular flexibility index (Phi) is 2.37. The Labute approximate surface area is 103 Å². The van der Waals surface area contributed by atoms with E-state index >= 15 is 0 Å². The number of aryl methyl sites for hydroxylation is 1. The predicted molar refractivity (Wildman–Crippen MR) is 65.3 cm³/mol. The zero-order chi connectivity index (χ0) is 12.7. The fourth-order valence-corrected chi connectivity index (χ4v) is 1.98. The third-order valence-corrected chi connectivity index (χ3v) is 2.92. The Balaban J connectivity index is 2.26. The van der Waals surface area contributed by atoms with Crippen molar-refractivity contribution in [2.24, 2.45) is 0 Å². The van der Waals surface area contributed by atoms with E-state index in [0.29, 0.717) is 11.3 Å². The molecule has 0 radical (unpaired) electrons. The van der Waals surface area contributed by atoms with Crippen LogP contribution in [0.15, 0.2) is 42.6 Å². The molecule has 0 aliphatic heterocycles. The molecule has 0 fully saturated rings. The summed E-state index contributed by atoms with van der Waals surface area (Å²) < 4.78 is 28.7.